The van der Waals surface area contributed by atoms with E-state index in [0.29, 0.717) is 5.69 Å². The Kier molecular flexibility index (Phi) is 3.84. The van der Waals surface area contributed by atoms with Crippen molar-refractivity contribution in [3.05, 3.63) is 64.7 Å². The zero-order valence-electron chi connectivity index (χ0n) is 11.3. The normalized spacial score (nSPS) is 12.3. The second-order valence-corrected chi connectivity index (χ2v) is 4.85. The molecule has 2 aromatic carbocycles. The third-order valence-corrected chi connectivity index (χ3v) is 3.19. The number of hydrogen-bond donors (Lipinski definition) is 1. The molecule has 0 aliphatic heterocycles. The molecule has 0 fully saturated rings. The highest BCUT2D eigenvalue weighted by molar-refractivity contribution is 5.48. The van der Waals surface area contributed by atoms with Gasteiger partial charge in [0.25, 0.3) is 0 Å². The minimum atomic E-state index is -0.573. The van der Waals surface area contributed by atoms with Gasteiger partial charge >= 0.3 is 0 Å². The van der Waals surface area contributed by atoms with Crippen LogP contribution in [0.15, 0.2) is 36.4 Å². The van der Waals surface area contributed by atoms with E-state index in [2.05, 4.69) is 11.4 Å². The molecular formula is C16H17F2N. The lowest BCUT2D eigenvalue weighted by Gasteiger charge is -2.18. The molecule has 1 unspecified atom stereocenters. The van der Waals surface area contributed by atoms with Crippen LogP contribution in [0, 0.1) is 25.5 Å². The number of rotatable bonds is 3. The second kappa shape index (κ2) is 5.39. The molecule has 1 N–H and O–H groups in total. The smallest absolute Gasteiger partial charge is 0.149 e. The number of nitrogens with one attached hydrogen (secondary N) is 1. The highest BCUT2D eigenvalue weighted by Crippen LogP contribution is 2.24. The van der Waals surface area contributed by atoms with Gasteiger partial charge in [0.1, 0.15) is 11.6 Å². The predicted octanol–water partition coefficient (Wildman–Crippen LogP) is 4.75. The Morgan fingerprint density at radius 1 is 1.00 bits per heavy atom. The van der Waals surface area contributed by atoms with E-state index >= 15 is 0 Å². The Hall–Kier alpha value is -1.90. The van der Waals surface area contributed by atoms with Crippen molar-refractivity contribution in [3.63, 3.8) is 0 Å². The van der Waals surface area contributed by atoms with Gasteiger partial charge in [-0.1, -0.05) is 23.8 Å². The van der Waals surface area contributed by atoms with Gasteiger partial charge in [-0.2, -0.15) is 0 Å². The molecule has 0 saturated carbocycles. The van der Waals surface area contributed by atoms with Crippen LogP contribution in [0.5, 0.6) is 0 Å². The molecule has 0 aliphatic rings. The largest absolute Gasteiger partial charge is 0.376 e. The number of anilines is 1. The van der Waals surface area contributed by atoms with E-state index < -0.39 is 11.6 Å². The topological polar surface area (TPSA) is 12.0 Å². The van der Waals surface area contributed by atoms with Crippen LogP contribution in [0.25, 0.3) is 0 Å². The van der Waals surface area contributed by atoms with Gasteiger partial charge in [-0.25, -0.2) is 8.78 Å². The summed E-state index contributed by atoms with van der Waals surface area (Å²) in [6.45, 7) is 6.02. The fraction of sp³-hybridized carbons (Fsp3) is 0.250. The highest BCUT2D eigenvalue weighted by atomic mass is 19.1. The van der Waals surface area contributed by atoms with Crippen LogP contribution < -0.4 is 5.32 Å². The van der Waals surface area contributed by atoms with Crippen LogP contribution in [-0.4, -0.2) is 0 Å². The Morgan fingerprint density at radius 3 is 2.37 bits per heavy atom. The van der Waals surface area contributed by atoms with E-state index in [1.54, 1.807) is 0 Å². The van der Waals surface area contributed by atoms with E-state index in [-0.39, 0.29) is 6.04 Å². The first-order chi connectivity index (χ1) is 8.97. The fourth-order valence-corrected chi connectivity index (χ4v) is 2.23. The minimum absolute atomic E-state index is 0.0411. The summed E-state index contributed by atoms with van der Waals surface area (Å²) in [5, 5.41) is 3.07. The third-order valence-electron chi connectivity index (χ3n) is 3.19. The standard InChI is InChI=1S/C16H17F2N/c1-10-4-6-14(11(2)8-10)12(3)19-16-7-5-13(17)9-15(16)18/h4-9,12,19H,1-3H3. The molecule has 3 heteroatoms. The van der Waals surface area contributed by atoms with Gasteiger partial charge in [-0.3, -0.25) is 0 Å². The molecule has 100 valence electrons. The van der Waals surface area contributed by atoms with Crippen molar-refractivity contribution in [2.24, 2.45) is 0 Å². The predicted molar refractivity (Wildman–Crippen MR) is 74.3 cm³/mol. The van der Waals surface area contributed by atoms with Gasteiger partial charge in [-0.15, -0.1) is 0 Å². The van der Waals surface area contributed by atoms with E-state index in [4.69, 9.17) is 0 Å². The van der Waals surface area contributed by atoms with Crippen LogP contribution in [0.1, 0.15) is 29.7 Å². The summed E-state index contributed by atoms with van der Waals surface area (Å²) < 4.78 is 26.4. The van der Waals surface area contributed by atoms with Crippen LogP contribution >= 0.6 is 0 Å². The second-order valence-electron chi connectivity index (χ2n) is 4.85. The molecular weight excluding hydrogens is 244 g/mol. The van der Waals surface area contributed by atoms with Gasteiger partial charge < -0.3 is 5.32 Å². The maximum atomic E-state index is 13.6. The first-order valence-corrected chi connectivity index (χ1v) is 6.26. The number of aryl methyl sites for hydroxylation is 2. The van der Waals surface area contributed by atoms with Crippen molar-refractivity contribution >= 4 is 5.69 Å². The zero-order chi connectivity index (χ0) is 14.0. The molecule has 2 aromatic rings. The summed E-state index contributed by atoms with van der Waals surface area (Å²) in [5.41, 5.74) is 3.77. The number of halogens is 2. The monoisotopic (exact) mass is 261 g/mol. The van der Waals surface area contributed by atoms with Crippen LogP contribution in [-0.2, 0) is 0 Å². The van der Waals surface area contributed by atoms with Crippen molar-refractivity contribution in [3.8, 4) is 0 Å². The fourth-order valence-electron chi connectivity index (χ4n) is 2.23. The van der Waals surface area contributed by atoms with E-state index in [0.717, 1.165) is 17.2 Å². The molecule has 2 rings (SSSR count). The minimum Gasteiger partial charge on any atom is -0.376 e. The zero-order valence-corrected chi connectivity index (χ0v) is 11.3. The molecule has 0 saturated heterocycles. The quantitative estimate of drug-likeness (QED) is 0.840. The van der Waals surface area contributed by atoms with Crippen molar-refractivity contribution in [1.29, 1.82) is 0 Å². The van der Waals surface area contributed by atoms with Crippen LogP contribution in [0.4, 0.5) is 14.5 Å². The van der Waals surface area contributed by atoms with Gasteiger partial charge in [0.15, 0.2) is 0 Å². The Bertz CT molecular complexity index is 593. The maximum absolute atomic E-state index is 13.6. The van der Waals surface area contributed by atoms with Crippen molar-refractivity contribution in [1.82, 2.24) is 0 Å². The molecule has 0 bridgehead atoms. The van der Waals surface area contributed by atoms with E-state index in [1.807, 2.05) is 32.9 Å². The van der Waals surface area contributed by atoms with E-state index in [9.17, 15) is 8.78 Å². The average molecular weight is 261 g/mol. The Morgan fingerprint density at radius 2 is 1.74 bits per heavy atom. The van der Waals surface area contributed by atoms with Crippen LogP contribution in [0.3, 0.4) is 0 Å². The summed E-state index contributed by atoms with van der Waals surface area (Å²) >= 11 is 0. The van der Waals surface area contributed by atoms with E-state index in [1.165, 1.54) is 17.7 Å². The molecule has 0 radical (unpaired) electrons. The molecule has 0 aliphatic carbocycles. The Labute approximate surface area is 112 Å². The third kappa shape index (κ3) is 3.11. The summed E-state index contributed by atoms with van der Waals surface area (Å²) in [6, 6.07) is 9.67. The number of benzene rings is 2. The van der Waals surface area contributed by atoms with Gasteiger partial charge in [-0.05, 0) is 44.0 Å². The molecule has 0 aromatic heterocycles. The molecule has 0 spiro atoms. The number of hydrogen-bond acceptors (Lipinski definition) is 1. The lowest BCUT2D eigenvalue weighted by atomic mass is 10.00. The Balaban J connectivity index is 2.23. The lowest BCUT2D eigenvalue weighted by Crippen LogP contribution is -2.09. The molecule has 1 atom stereocenters. The maximum Gasteiger partial charge on any atom is 0.149 e. The molecule has 0 heterocycles. The summed E-state index contributed by atoms with van der Waals surface area (Å²) in [7, 11) is 0. The SMILES string of the molecule is Cc1ccc(C(C)Nc2ccc(F)cc2F)c(C)c1. The van der Waals surface area contributed by atoms with Crippen LogP contribution in [0.2, 0.25) is 0 Å². The first kappa shape index (κ1) is 13.5. The molecule has 0 amide bonds. The van der Waals surface area contributed by atoms with Crippen molar-refractivity contribution in [2.75, 3.05) is 5.32 Å². The molecule has 19 heavy (non-hydrogen) atoms. The summed E-state index contributed by atoms with van der Waals surface area (Å²) in [5.74, 6) is -1.14. The lowest BCUT2D eigenvalue weighted by molar-refractivity contribution is 0.583. The summed E-state index contributed by atoms with van der Waals surface area (Å²) in [4.78, 5) is 0. The summed E-state index contributed by atoms with van der Waals surface area (Å²) in [6.07, 6.45) is 0. The highest BCUT2D eigenvalue weighted by Gasteiger charge is 2.11. The first-order valence-electron chi connectivity index (χ1n) is 6.26. The van der Waals surface area contributed by atoms with Crippen molar-refractivity contribution < 1.29 is 8.78 Å². The van der Waals surface area contributed by atoms with Crippen molar-refractivity contribution in [2.45, 2.75) is 26.8 Å². The van der Waals surface area contributed by atoms with Gasteiger partial charge in [0.2, 0.25) is 0 Å². The van der Waals surface area contributed by atoms with Gasteiger partial charge in [0, 0.05) is 12.1 Å². The molecule has 1 nitrogen and oxygen atoms in total. The van der Waals surface area contributed by atoms with Gasteiger partial charge in [0.05, 0.1) is 5.69 Å². The average Bonchev–Trinajstić information content (AvgIpc) is 2.32.